The highest BCUT2D eigenvalue weighted by atomic mass is 16.3. The van der Waals surface area contributed by atoms with E-state index in [1.54, 1.807) is 0 Å². The first-order valence-corrected chi connectivity index (χ1v) is 4.41. The molecule has 1 rings (SSSR count). The Bertz CT molecular complexity index is 276. The highest BCUT2D eigenvalue weighted by Crippen LogP contribution is 2.21. The van der Waals surface area contributed by atoms with Crippen molar-refractivity contribution >= 4 is 0 Å². The van der Waals surface area contributed by atoms with E-state index < -0.39 is 0 Å². The molecule has 0 bridgehead atoms. The molecule has 0 heterocycles. The minimum atomic E-state index is 0.140. The number of nitrogens with zero attached hydrogens (tertiary/aromatic N) is 1. The summed E-state index contributed by atoms with van der Waals surface area (Å²) in [5.41, 5.74) is 1.14. The number of nitriles is 1. The monoisotopic (exact) mass is 175 g/mol. The van der Waals surface area contributed by atoms with E-state index in [0.717, 1.165) is 5.56 Å². The summed E-state index contributed by atoms with van der Waals surface area (Å²) in [6, 6.07) is 12.0. The van der Waals surface area contributed by atoms with Crippen LogP contribution in [-0.4, -0.2) is 11.7 Å². The molecule has 0 saturated heterocycles. The van der Waals surface area contributed by atoms with Gasteiger partial charge in [0.25, 0.3) is 0 Å². The molecule has 0 saturated carbocycles. The molecule has 68 valence electrons. The third kappa shape index (κ3) is 2.89. The zero-order valence-corrected chi connectivity index (χ0v) is 7.48. The summed E-state index contributed by atoms with van der Waals surface area (Å²) in [5, 5.41) is 17.4. The maximum Gasteiger partial charge on any atom is 0.0628 e. The second-order valence-electron chi connectivity index (χ2n) is 2.98. The molecule has 0 radical (unpaired) electrons. The Kier molecular flexibility index (Phi) is 4.01. The van der Waals surface area contributed by atoms with Crippen molar-refractivity contribution in [1.29, 1.82) is 5.26 Å². The van der Waals surface area contributed by atoms with Crippen LogP contribution < -0.4 is 0 Å². The lowest BCUT2D eigenvalue weighted by Gasteiger charge is -2.11. The first kappa shape index (κ1) is 9.76. The van der Waals surface area contributed by atoms with Gasteiger partial charge in [0.05, 0.1) is 6.07 Å². The number of hydrogen-bond acceptors (Lipinski definition) is 2. The fourth-order valence-corrected chi connectivity index (χ4v) is 1.38. The Labute approximate surface area is 78.4 Å². The van der Waals surface area contributed by atoms with Crippen LogP contribution in [0.4, 0.5) is 0 Å². The molecule has 0 aliphatic heterocycles. The summed E-state index contributed by atoms with van der Waals surface area (Å²) in [5.74, 6) is 0.177. The number of benzene rings is 1. The Hall–Kier alpha value is -1.33. The van der Waals surface area contributed by atoms with Gasteiger partial charge in [-0.3, -0.25) is 0 Å². The molecule has 1 unspecified atom stereocenters. The Morgan fingerprint density at radius 3 is 2.54 bits per heavy atom. The summed E-state index contributed by atoms with van der Waals surface area (Å²) >= 11 is 0. The van der Waals surface area contributed by atoms with Crippen molar-refractivity contribution in [2.24, 2.45) is 0 Å². The molecule has 13 heavy (non-hydrogen) atoms. The van der Waals surface area contributed by atoms with Crippen molar-refractivity contribution in [1.82, 2.24) is 0 Å². The Morgan fingerprint density at radius 2 is 2.00 bits per heavy atom. The van der Waals surface area contributed by atoms with Crippen LogP contribution in [0.25, 0.3) is 0 Å². The van der Waals surface area contributed by atoms with Crippen LogP contribution in [0.5, 0.6) is 0 Å². The highest BCUT2D eigenvalue weighted by Gasteiger charge is 2.09. The average molecular weight is 175 g/mol. The third-order valence-electron chi connectivity index (χ3n) is 2.09. The van der Waals surface area contributed by atoms with Gasteiger partial charge in [-0.2, -0.15) is 5.26 Å². The zero-order valence-electron chi connectivity index (χ0n) is 7.48. The molecule has 0 spiro atoms. The number of aliphatic hydroxyl groups is 1. The lowest BCUT2D eigenvalue weighted by Crippen LogP contribution is -2.00. The molecule has 1 aromatic rings. The maximum absolute atomic E-state index is 8.82. The summed E-state index contributed by atoms with van der Waals surface area (Å²) in [6.45, 7) is 0.140. The standard InChI is InChI=1S/C11H13NO/c12-8-6-11(7-9-13)10-4-2-1-3-5-10/h1-5,11,13H,6-7,9H2. The number of aliphatic hydroxyl groups excluding tert-OH is 1. The third-order valence-corrected chi connectivity index (χ3v) is 2.09. The van der Waals surface area contributed by atoms with Gasteiger partial charge in [-0.05, 0) is 17.9 Å². The molecule has 1 aromatic carbocycles. The van der Waals surface area contributed by atoms with Crippen molar-refractivity contribution in [3.05, 3.63) is 35.9 Å². The van der Waals surface area contributed by atoms with Gasteiger partial charge in [0, 0.05) is 13.0 Å². The predicted molar refractivity (Wildman–Crippen MR) is 51.1 cm³/mol. The van der Waals surface area contributed by atoms with Crippen molar-refractivity contribution in [3.8, 4) is 6.07 Å². The summed E-state index contributed by atoms with van der Waals surface area (Å²) in [6.07, 6.45) is 1.14. The van der Waals surface area contributed by atoms with E-state index in [-0.39, 0.29) is 12.5 Å². The van der Waals surface area contributed by atoms with Gasteiger partial charge in [-0.15, -0.1) is 0 Å². The lowest BCUT2D eigenvalue weighted by atomic mass is 9.93. The largest absolute Gasteiger partial charge is 0.396 e. The van der Waals surface area contributed by atoms with Gasteiger partial charge in [0.15, 0.2) is 0 Å². The van der Waals surface area contributed by atoms with Crippen LogP contribution in [0.1, 0.15) is 24.3 Å². The van der Waals surface area contributed by atoms with E-state index in [0.29, 0.717) is 12.8 Å². The summed E-state index contributed by atoms with van der Waals surface area (Å²) < 4.78 is 0. The zero-order chi connectivity index (χ0) is 9.52. The van der Waals surface area contributed by atoms with Crippen molar-refractivity contribution in [2.45, 2.75) is 18.8 Å². The van der Waals surface area contributed by atoms with E-state index in [1.807, 2.05) is 30.3 Å². The van der Waals surface area contributed by atoms with Crippen LogP contribution >= 0.6 is 0 Å². The second-order valence-corrected chi connectivity index (χ2v) is 2.98. The van der Waals surface area contributed by atoms with Crippen LogP contribution in [0.15, 0.2) is 30.3 Å². The smallest absolute Gasteiger partial charge is 0.0628 e. The number of rotatable bonds is 4. The quantitative estimate of drug-likeness (QED) is 0.761. The molecule has 2 heteroatoms. The van der Waals surface area contributed by atoms with Gasteiger partial charge >= 0.3 is 0 Å². The van der Waals surface area contributed by atoms with Crippen LogP contribution in [0.3, 0.4) is 0 Å². The Morgan fingerprint density at radius 1 is 1.31 bits per heavy atom. The normalized spacial score (nSPS) is 12.0. The Balaban J connectivity index is 2.71. The van der Waals surface area contributed by atoms with Gasteiger partial charge < -0.3 is 5.11 Å². The van der Waals surface area contributed by atoms with Crippen molar-refractivity contribution in [3.63, 3.8) is 0 Å². The fourth-order valence-electron chi connectivity index (χ4n) is 1.38. The predicted octanol–water partition coefficient (Wildman–Crippen LogP) is 2.07. The van der Waals surface area contributed by atoms with Gasteiger partial charge in [-0.25, -0.2) is 0 Å². The molecule has 0 aromatic heterocycles. The summed E-state index contributed by atoms with van der Waals surface area (Å²) in [4.78, 5) is 0. The summed E-state index contributed by atoms with van der Waals surface area (Å²) in [7, 11) is 0. The van der Waals surface area contributed by atoms with Gasteiger partial charge in [-0.1, -0.05) is 30.3 Å². The molecule has 0 fully saturated rings. The van der Waals surface area contributed by atoms with Gasteiger partial charge in [0.2, 0.25) is 0 Å². The van der Waals surface area contributed by atoms with Crippen molar-refractivity contribution in [2.75, 3.05) is 6.61 Å². The molecular weight excluding hydrogens is 162 g/mol. The van der Waals surface area contributed by atoms with Crippen LogP contribution in [0.2, 0.25) is 0 Å². The topological polar surface area (TPSA) is 44.0 Å². The minimum absolute atomic E-state index is 0.140. The van der Waals surface area contributed by atoms with Crippen LogP contribution in [0, 0.1) is 11.3 Å². The van der Waals surface area contributed by atoms with E-state index in [1.165, 1.54) is 0 Å². The molecule has 2 nitrogen and oxygen atoms in total. The maximum atomic E-state index is 8.82. The average Bonchev–Trinajstić information content (AvgIpc) is 2.19. The number of hydrogen-bond donors (Lipinski definition) is 1. The molecular formula is C11H13NO. The molecule has 1 N–H and O–H groups in total. The lowest BCUT2D eigenvalue weighted by molar-refractivity contribution is 0.276. The van der Waals surface area contributed by atoms with E-state index in [2.05, 4.69) is 6.07 Å². The first-order chi connectivity index (χ1) is 6.38. The second kappa shape index (κ2) is 5.34. The van der Waals surface area contributed by atoms with Crippen molar-refractivity contribution < 1.29 is 5.11 Å². The fraction of sp³-hybridized carbons (Fsp3) is 0.364. The van der Waals surface area contributed by atoms with E-state index >= 15 is 0 Å². The SMILES string of the molecule is N#CCC(CCO)c1ccccc1. The molecule has 1 atom stereocenters. The highest BCUT2D eigenvalue weighted by molar-refractivity contribution is 5.20. The first-order valence-electron chi connectivity index (χ1n) is 4.41. The minimum Gasteiger partial charge on any atom is -0.396 e. The molecule has 0 aliphatic rings. The molecule has 0 aliphatic carbocycles. The van der Waals surface area contributed by atoms with E-state index in [9.17, 15) is 0 Å². The van der Waals surface area contributed by atoms with Gasteiger partial charge in [0.1, 0.15) is 0 Å². The van der Waals surface area contributed by atoms with E-state index in [4.69, 9.17) is 10.4 Å². The molecule has 0 amide bonds. The van der Waals surface area contributed by atoms with Crippen LogP contribution in [-0.2, 0) is 0 Å².